The minimum atomic E-state index is -0.591. The zero-order valence-electron chi connectivity index (χ0n) is 7.00. The molecule has 2 rings (SSSR count). The van der Waals surface area contributed by atoms with Gasteiger partial charge in [-0.15, -0.1) is 0 Å². The third kappa shape index (κ3) is 1.32. The van der Waals surface area contributed by atoms with Gasteiger partial charge in [-0.25, -0.2) is 8.78 Å². The van der Waals surface area contributed by atoms with Crippen molar-refractivity contribution in [1.82, 2.24) is 5.16 Å². The number of anilines is 1. The molecule has 0 aliphatic heterocycles. The van der Waals surface area contributed by atoms with Crippen LogP contribution in [0.1, 0.15) is 0 Å². The quantitative estimate of drug-likeness (QED) is 0.760. The van der Waals surface area contributed by atoms with Crippen molar-refractivity contribution in [2.24, 2.45) is 0 Å². The second-order valence-electron chi connectivity index (χ2n) is 2.74. The lowest BCUT2D eigenvalue weighted by Crippen LogP contribution is -1.91. The lowest BCUT2D eigenvalue weighted by atomic mass is 10.1. The highest BCUT2D eigenvalue weighted by Gasteiger charge is 2.12. The first-order chi connectivity index (χ1) is 6.68. The van der Waals surface area contributed by atoms with Crippen molar-refractivity contribution in [2.45, 2.75) is 0 Å². The van der Waals surface area contributed by atoms with E-state index in [-0.39, 0.29) is 16.9 Å². The molecule has 0 saturated carbocycles. The monoisotopic (exact) mass is 196 g/mol. The standard InChI is InChI=1S/C9H6F2N2O/c10-5-1-2-7(11)6(3-5)9-8(12)4-14-13-9/h1-4H,12H2. The second-order valence-corrected chi connectivity index (χ2v) is 2.74. The molecule has 0 saturated heterocycles. The molecule has 0 spiro atoms. The van der Waals surface area contributed by atoms with Gasteiger partial charge in [0.15, 0.2) is 0 Å². The van der Waals surface area contributed by atoms with Gasteiger partial charge in [-0.3, -0.25) is 0 Å². The molecule has 2 N–H and O–H groups in total. The van der Waals surface area contributed by atoms with Gasteiger partial charge >= 0.3 is 0 Å². The topological polar surface area (TPSA) is 52.0 Å². The third-order valence-corrected chi connectivity index (χ3v) is 1.78. The van der Waals surface area contributed by atoms with E-state index in [1.54, 1.807) is 0 Å². The van der Waals surface area contributed by atoms with Crippen LogP contribution in [0.15, 0.2) is 29.0 Å². The number of nitrogens with two attached hydrogens (primary N) is 1. The Morgan fingerprint density at radius 3 is 2.71 bits per heavy atom. The molecule has 1 heterocycles. The van der Waals surface area contributed by atoms with E-state index in [0.717, 1.165) is 18.2 Å². The molecule has 1 aromatic heterocycles. The first kappa shape index (κ1) is 8.68. The number of nitrogens with zero attached hydrogens (tertiary/aromatic N) is 1. The Morgan fingerprint density at radius 2 is 2.07 bits per heavy atom. The van der Waals surface area contributed by atoms with Crippen LogP contribution in [0.4, 0.5) is 14.5 Å². The highest BCUT2D eigenvalue weighted by molar-refractivity contribution is 5.71. The van der Waals surface area contributed by atoms with Crippen LogP contribution in [0.2, 0.25) is 0 Å². The first-order valence-electron chi connectivity index (χ1n) is 3.84. The van der Waals surface area contributed by atoms with Gasteiger partial charge in [0.25, 0.3) is 0 Å². The summed E-state index contributed by atoms with van der Waals surface area (Å²) in [5.41, 5.74) is 5.73. The fourth-order valence-corrected chi connectivity index (χ4v) is 1.13. The van der Waals surface area contributed by atoms with Gasteiger partial charge in [-0.1, -0.05) is 5.16 Å². The summed E-state index contributed by atoms with van der Waals surface area (Å²) in [6, 6.07) is 3.05. The summed E-state index contributed by atoms with van der Waals surface area (Å²) < 4.78 is 30.5. The van der Waals surface area contributed by atoms with Gasteiger partial charge in [0.2, 0.25) is 0 Å². The van der Waals surface area contributed by atoms with Gasteiger partial charge < -0.3 is 10.3 Å². The average molecular weight is 196 g/mol. The zero-order valence-corrected chi connectivity index (χ0v) is 7.00. The van der Waals surface area contributed by atoms with Crippen LogP contribution < -0.4 is 5.73 Å². The Labute approximate surface area is 78.1 Å². The van der Waals surface area contributed by atoms with Crippen molar-refractivity contribution in [2.75, 3.05) is 5.73 Å². The van der Waals surface area contributed by atoms with E-state index < -0.39 is 11.6 Å². The van der Waals surface area contributed by atoms with Crippen LogP contribution in [0.3, 0.4) is 0 Å². The summed E-state index contributed by atoms with van der Waals surface area (Å²) in [6.07, 6.45) is 1.17. The van der Waals surface area contributed by atoms with Crippen molar-refractivity contribution in [3.63, 3.8) is 0 Å². The number of hydrogen-bond acceptors (Lipinski definition) is 3. The Kier molecular flexibility index (Phi) is 1.92. The molecule has 0 unspecified atom stereocenters. The molecule has 0 aliphatic carbocycles. The number of benzene rings is 1. The van der Waals surface area contributed by atoms with Crippen LogP contribution >= 0.6 is 0 Å². The number of rotatable bonds is 1. The lowest BCUT2D eigenvalue weighted by Gasteiger charge is -1.99. The molecular formula is C9H6F2N2O. The summed E-state index contributed by atoms with van der Waals surface area (Å²) in [7, 11) is 0. The highest BCUT2D eigenvalue weighted by Crippen LogP contribution is 2.26. The normalized spacial score (nSPS) is 10.4. The second kappa shape index (κ2) is 3.10. The molecule has 0 atom stereocenters. The average Bonchev–Trinajstić information content (AvgIpc) is 2.56. The molecule has 0 aliphatic rings. The maximum Gasteiger partial charge on any atom is 0.147 e. The zero-order chi connectivity index (χ0) is 10.1. The SMILES string of the molecule is Nc1conc1-c1cc(F)ccc1F. The van der Waals surface area contributed by atoms with E-state index in [9.17, 15) is 8.78 Å². The number of hydrogen-bond donors (Lipinski definition) is 1. The number of aromatic nitrogens is 1. The molecular weight excluding hydrogens is 190 g/mol. The van der Waals surface area contributed by atoms with Crippen molar-refractivity contribution >= 4 is 5.69 Å². The first-order valence-corrected chi connectivity index (χ1v) is 3.84. The van der Waals surface area contributed by atoms with Crippen molar-refractivity contribution in [3.05, 3.63) is 36.1 Å². The summed E-state index contributed by atoms with van der Waals surface area (Å²) in [5.74, 6) is -1.14. The molecule has 0 bridgehead atoms. The number of nitrogen functional groups attached to an aromatic ring is 1. The van der Waals surface area contributed by atoms with Gasteiger partial charge in [0.1, 0.15) is 29.3 Å². The number of halogens is 2. The minimum absolute atomic E-state index is 0.00347. The molecule has 3 nitrogen and oxygen atoms in total. The van der Waals surface area contributed by atoms with Crippen LogP contribution in [0, 0.1) is 11.6 Å². The van der Waals surface area contributed by atoms with E-state index >= 15 is 0 Å². The molecule has 14 heavy (non-hydrogen) atoms. The van der Waals surface area contributed by atoms with Gasteiger partial charge in [0.05, 0.1) is 0 Å². The minimum Gasteiger partial charge on any atom is -0.394 e. The Morgan fingerprint density at radius 1 is 1.29 bits per heavy atom. The highest BCUT2D eigenvalue weighted by atomic mass is 19.1. The van der Waals surface area contributed by atoms with Crippen LogP contribution in [-0.2, 0) is 0 Å². The van der Waals surface area contributed by atoms with Crippen molar-refractivity contribution in [3.8, 4) is 11.3 Å². The van der Waals surface area contributed by atoms with Crippen LogP contribution in [0.25, 0.3) is 11.3 Å². The van der Waals surface area contributed by atoms with Crippen LogP contribution in [-0.4, -0.2) is 5.16 Å². The van der Waals surface area contributed by atoms with Crippen molar-refractivity contribution in [1.29, 1.82) is 0 Å². The van der Waals surface area contributed by atoms with E-state index in [1.807, 2.05) is 0 Å². The maximum absolute atomic E-state index is 13.2. The Balaban J connectivity index is 2.62. The van der Waals surface area contributed by atoms with Gasteiger partial charge in [-0.2, -0.15) is 0 Å². The molecule has 5 heteroatoms. The van der Waals surface area contributed by atoms with E-state index in [1.165, 1.54) is 6.26 Å². The molecule has 0 amide bonds. The largest absolute Gasteiger partial charge is 0.394 e. The van der Waals surface area contributed by atoms with E-state index in [2.05, 4.69) is 9.68 Å². The predicted molar refractivity (Wildman–Crippen MR) is 46.3 cm³/mol. The maximum atomic E-state index is 13.2. The van der Waals surface area contributed by atoms with E-state index in [0.29, 0.717) is 0 Å². The fourth-order valence-electron chi connectivity index (χ4n) is 1.13. The van der Waals surface area contributed by atoms with Gasteiger partial charge in [0, 0.05) is 5.56 Å². The lowest BCUT2D eigenvalue weighted by molar-refractivity contribution is 0.422. The molecule has 1 aromatic carbocycles. The summed E-state index contributed by atoms with van der Waals surface area (Å²) >= 11 is 0. The summed E-state index contributed by atoms with van der Waals surface area (Å²) in [4.78, 5) is 0. The molecule has 72 valence electrons. The summed E-state index contributed by atoms with van der Waals surface area (Å²) in [6.45, 7) is 0. The fraction of sp³-hybridized carbons (Fsp3) is 0. The van der Waals surface area contributed by atoms with Gasteiger partial charge in [-0.05, 0) is 18.2 Å². The smallest absolute Gasteiger partial charge is 0.147 e. The van der Waals surface area contributed by atoms with Crippen LogP contribution in [0.5, 0.6) is 0 Å². The van der Waals surface area contributed by atoms with E-state index in [4.69, 9.17) is 5.73 Å². The Hall–Kier alpha value is -1.91. The predicted octanol–water partition coefficient (Wildman–Crippen LogP) is 2.20. The molecule has 0 fully saturated rings. The molecule has 2 aromatic rings. The van der Waals surface area contributed by atoms with Crippen molar-refractivity contribution < 1.29 is 13.3 Å². The Bertz CT molecular complexity index is 468. The third-order valence-electron chi connectivity index (χ3n) is 1.78. The summed E-state index contributed by atoms with van der Waals surface area (Å²) in [5, 5.41) is 3.48. The molecule has 0 radical (unpaired) electrons.